The minimum Gasteiger partial charge on any atom is -0.393 e. The van der Waals surface area contributed by atoms with Crippen LogP contribution in [0.4, 0.5) is 4.39 Å². The van der Waals surface area contributed by atoms with E-state index in [2.05, 4.69) is 4.72 Å². The molecule has 20 heavy (non-hydrogen) atoms. The number of rotatable bonds is 4. The van der Waals surface area contributed by atoms with Crippen molar-refractivity contribution in [2.75, 3.05) is 6.54 Å². The number of sulfonamides is 1. The van der Waals surface area contributed by atoms with Gasteiger partial charge in [0.2, 0.25) is 10.0 Å². The topological polar surface area (TPSA) is 66.4 Å². The first kappa shape index (κ1) is 15.4. The van der Waals surface area contributed by atoms with E-state index in [0.29, 0.717) is 12.0 Å². The Hall–Kier alpha value is -0.980. The van der Waals surface area contributed by atoms with Crippen LogP contribution >= 0.6 is 0 Å². The molecule has 6 heteroatoms. The Bertz CT molecular complexity index is 574. The van der Waals surface area contributed by atoms with Crippen molar-refractivity contribution in [1.29, 1.82) is 0 Å². The van der Waals surface area contributed by atoms with Crippen molar-refractivity contribution >= 4 is 10.0 Å². The number of benzene rings is 1. The van der Waals surface area contributed by atoms with Crippen LogP contribution in [0.25, 0.3) is 0 Å². The van der Waals surface area contributed by atoms with Crippen LogP contribution in [-0.2, 0) is 10.0 Å². The Morgan fingerprint density at radius 1 is 1.40 bits per heavy atom. The van der Waals surface area contributed by atoms with Crippen molar-refractivity contribution in [3.8, 4) is 0 Å². The smallest absolute Gasteiger partial charge is 0.240 e. The molecule has 0 heterocycles. The molecular formula is C14H20FNO3S. The molecule has 2 atom stereocenters. The highest BCUT2D eigenvalue weighted by molar-refractivity contribution is 7.89. The van der Waals surface area contributed by atoms with Crippen LogP contribution in [0.2, 0.25) is 0 Å². The molecule has 1 aliphatic carbocycles. The molecule has 1 aliphatic rings. The highest BCUT2D eigenvalue weighted by Gasteiger charge is 2.23. The molecule has 2 rings (SSSR count). The van der Waals surface area contributed by atoms with Crippen molar-refractivity contribution < 1.29 is 17.9 Å². The molecule has 0 bridgehead atoms. The first-order valence-corrected chi connectivity index (χ1v) is 8.30. The van der Waals surface area contributed by atoms with E-state index in [1.54, 1.807) is 6.92 Å². The fraction of sp³-hybridized carbons (Fsp3) is 0.571. The summed E-state index contributed by atoms with van der Waals surface area (Å²) < 4.78 is 40.1. The quantitative estimate of drug-likeness (QED) is 0.893. The number of hydrogen-bond acceptors (Lipinski definition) is 3. The van der Waals surface area contributed by atoms with Crippen LogP contribution in [0.1, 0.15) is 31.2 Å². The third kappa shape index (κ3) is 3.77. The lowest BCUT2D eigenvalue weighted by molar-refractivity contribution is 0.102. The maximum absolute atomic E-state index is 13.4. The summed E-state index contributed by atoms with van der Waals surface area (Å²) in [5, 5.41) is 9.57. The lowest BCUT2D eigenvalue weighted by atomic mass is 9.87. The number of hydrogen-bond donors (Lipinski definition) is 2. The van der Waals surface area contributed by atoms with Crippen LogP contribution in [0.15, 0.2) is 23.1 Å². The zero-order chi connectivity index (χ0) is 14.8. The molecule has 1 aromatic carbocycles. The van der Waals surface area contributed by atoms with Crippen molar-refractivity contribution in [2.24, 2.45) is 5.92 Å². The molecule has 2 N–H and O–H groups in total. The average molecular weight is 301 g/mol. The Balaban J connectivity index is 2.01. The van der Waals surface area contributed by atoms with Gasteiger partial charge in [-0.15, -0.1) is 0 Å². The summed E-state index contributed by atoms with van der Waals surface area (Å²) in [6, 6.07) is 3.89. The first-order chi connectivity index (χ1) is 9.38. The molecule has 0 amide bonds. The van der Waals surface area contributed by atoms with Crippen molar-refractivity contribution in [3.05, 3.63) is 29.6 Å². The van der Waals surface area contributed by atoms with E-state index in [0.717, 1.165) is 25.3 Å². The molecule has 112 valence electrons. The van der Waals surface area contributed by atoms with E-state index in [9.17, 15) is 17.9 Å². The van der Waals surface area contributed by atoms with E-state index in [1.807, 2.05) is 0 Å². The predicted molar refractivity (Wildman–Crippen MR) is 74.3 cm³/mol. The molecule has 2 unspecified atom stereocenters. The predicted octanol–water partition coefficient (Wildman–Crippen LogP) is 1.96. The van der Waals surface area contributed by atoms with Gasteiger partial charge in [0.1, 0.15) is 5.82 Å². The fourth-order valence-corrected chi connectivity index (χ4v) is 3.63. The van der Waals surface area contributed by atoms with Crippen molar-refractivity contribution in [3.63, 3.8) is 0 Å². The lowest BCUT2D eigenvalue weighted by Crippen LogP contribution is -2.33. The average Bonchev–Trinajstić information content (AvgIpc) is 2.40. The fourth-order valence-electron chi connectivity index (χ4n) is 2.50. The molecule has 1 saturated carbocycles. The number of aryl methyl sites for hydroxylation is 1. The second-order valence-electron chi connectivity index (χ2n) is 5.45. The second kappa shape index (κ2) is 6.20. The molecule has 0 radical (unpaired) electrons. The zero-order valence-electron chi connectivity index (χ0n) is 11.5. The second-order valence-corrected chi connectivity index (χ2v) is 7.22. The minimum absolute atomic E-state index is 0.0584. The molecular weight excluding hydrogens is 281 g/mol. The van der Waals surface area contributed by atoms with Gasteiger partial charge in [-0.05, 0) is 49.8 Å². The van der Waals surface area contributed by atoms with E-state index in [-0.39, 0.29) is 23.5 Å². The SMILES string of the molecule is Cc1ccc(S(=O)(=O)NCC2CCCC(O)C2)cc1F. The zero-order valence-corrected chi connectivity index (χ0v) is 12.3. The van der Waals surface area contributed by atoms with Gasteiger partial charge in [-0.2, -0.15) is 0 Å². The van der Waals surface area contributed by atoms with Crippen LogP contribution in [-0.4, -0.2) is 26.2 Å². The molecule has 0 spiro atoms. The lowest BCUT2D eigenvalue weighted by Gasteiger charge is -2.25. The third-order valence-corrected chi connectivity index (χ3v) is 5.19. The van der Waals surface area contributed by atoms with Crippen molar-refractivity contribution in [2.45, 2.75) is 43.6 Å². The van der Waals surface area contributed by atoms with Gasteiger partial charge < -0.3 is 5.11 Å². The summed E-state index contributed by atoms with van der Waals surface area (Å²) in [4.78, 5) is -0.0584. The number of aliphatic hydroxyl groups is 1. The highest BCUT2D eigenvalue weighted by Crippen LogP contribution is 2.24. The molecule has 0 aromatic heterocycles. The van der Waals surface area contributed by atoms with Crippen LogP contribution in [0.5, 0.6) is 0 Å². The van der Waals surface area contributed by atoms with E-state index < -0.39 is 15.8 Å². The molecule has 1 fully saturated rings. The van der Waals surface area contributed by atoms with Gasteiger partial charge in [-0.3, -0.25) is 0 Å². The largest absolute Gasteiger partial charge is 0.393 e. The molecule has 0 saturated heterocycles. The maximum atomic E-state index is 13.4. The molecule has 1 aromatic rings. The number of aliphatic hydroxyl groups excluding tert-OH is 1. The van der Waals surface area contributed by atoms with Gasteiger partial charge in [-0.25, -0.2) is 17.5 Å². The van der Waals surface area contributed by atoms with Gasteiger partial charge >= 0.3 is 0 Å². The molecule has 4 nitrogen and oxygen atoms in total. The Kier molecular flexibility index (Phi) is 4.78. The summed E-state index contributed by atoms with van der Waals surface area (Å²) >= 11 is 0. The third-order valence-electron chi connectivity index (χ3n) is 3.77. The monoisotopic (exact) mass is 301 g/mol. The Morgan fingerprint density at radius 3 is 2.80 bits per heavy atom. The van der Waals surface area contributed by atoms with E-state index in [4.69, 9.17) is 0 Å². The summed E-state index contributed by atoms with van der Waals surface area (Å²) in [7, 11) is -3.69. The highest BCUT2D eigenvalue weighted by atomic mass is 32.2. The van der Waals surface area contributed by atoms with Gasteiger partial charge in [0.05, 0.1) is 11.0 Å². The molecule has 0 aliphatic heterocycles. The van der Waals surface area contributed by atoms with Crippen molar-refractivity contribution in [1.82, 2.24) is 4.72 Å². The normalized spacial score (nSPS) is 23.8. The van der Waals surface area contributed by atoms with Crippen LogP contribution in [0.3, 0.4) is 0 Å². The van der Waals surface area contributed by atoms with Gasteiger partial charge in [0.15, 0.2) is 0 Å². The van der Waals surface area contributed by atoms with E-state index in [1.165, 1.54) is 12.1 Å². The number of halogens is 1. The van der Waals surface area contributed by atoms with Crippen LogP contribution < -0.4 is 4.72 Å². The Morgan fingerprint density at radius 2 is 2.15 bits per heavy atom. The standard InChI is InChI=1S/C14H20FNO3S/c1-10-5-6-13(8-14(10)15)20(18,19)16-9-11-3-2-4-12(17)7-11/h5-6,8,11-12,16-17H,2-4,7,9H2,1H3. The van der Waals surface area contributed by atoms with Crippen LogP contribution in [0, 0.1) is 18.7 Å². The van der Waals surface area contributed by atoms with E-state index >= 15 is 0 Å². The Labute approximate surface area is 119 Å². The number of nitrogens with one attached hydrogen (secondary N) is 1. The summed E-state index contributed by atoms with van der Waals surface area (Å²) in [6.45, 7) is 1.87. The van der Waals surface area contributed by atoms with Gasteiger partial charge in [-0.1, -0.05) is 12.5 Å². The summed E-state index contributed by atoms with van der Waals surface area (Å²) in [5.41, 5.74) is 0.416. The van der Waals surface area contributed by atoms with Gasteiger partial charge in [0, 0.05) is 6.54 Å². The van der Waals surface area contributed by atoms with Gasteiger partial charge in [0.25, 0.3) is 0 Å². The summed E-state index contributed by atoms with van der Waals surface area (Å²) in [5.74, 6) is -0.384. The maximum Gasteiger partial charge on any atom is 0.240 e. The minimum atomic E-state index is -3.69. The first-order valence-electron chi connectivity index (χ1n) is 6.82. The summed E-state index contributed by atoms with van der Waals surface area (Å²) in [6.07, 6.45) is 2.88.